The zero-order chi connectivity index (χ0) is 15.8. The summed E-state index contributed by atoms with van der Waals surface area (Å²) < 4.78 is 9.14. The van der Waals surface area contributed by atoms with E-state index in [0.29, 0.717) is 23.2 Å². The fourth-order valence-corrected chi connectivity index (χ4v) is 2.72. The normalized spacial score (nSPS) is 13.8. The first-order valence-electron chi connectivity index (χ1n) is 7.60. The lowest BCUT2D eigenvalue weighted by Gasteiger charge is -2.09. The molecule has 0 unspecified atom stereocenters. The summed E-state index contributed by atoms with van der Waals surface area (Å²) in [5.74, 6) is 2.64. The smallest absolute Gasteiger partial charge is 0.258 e. The number of hydrogen-bond acceptors (Lipinski definition) is 6. The van der Waals surface area contributed by atoms with Crippen LogP contribution in [0.2, 0.25) is 0 Å². The Bertz CT molecular complexity index is 828. The zero-order valence-corrected chi connectivity index (χ0v) is 13.1. The first-order chi connectivity index (χ1) is 11.2. The summed E-state index contributed by atoms with van der Waals surface area (Å²) >= 11 is 0. The van der Waals surface area contributed by atoms with Crippen LogP contribution in [0.1, 0.15) is 24.4 Å². The van der Waals surface area contributed by atoms with Crippen LogP contribution in [0, 0.1) is 6.92 Å². The maximum Gasteiger partial charge on any atom is 0.258 e. The maximum atomic E-state index is 5.39. The molecule has 118 valence electrons. The summed E-state index contributed by atoms with van der Waals surface area (Å²) in [6, 6.07) is 0. The molecule has 4 rings (SSSR count). The van der Waals surface area contributed by atoms with Crippen LogP contribution in [0.4, 0.5) is 0 Å². The van der Waals surface area contributed by atoms with Crippen LogP contribution in [0.3, 0.4) is 0 Å². The highest BCUT2D eigenvalue weighted by molar-refractivity contribution is 5.51. The summed E-state index contributed by atoms with van der Waals surface area (Å²) in [5.41, 5.74) is 1.52. The van der Waals surface area contributed by atoms with Crippen molar-refractivity contribution in [2.24, 2.45) is 0 Å². The van der Waals surface area contributed by atoms with E-state index >= 15 is 0 Å². The minimum Gasteiger partial charge on any atom is -0.478 e. The monoisotopic (exact) mass is 311 g/mol. The molecule has 23 heavy (non-hydrogen) atoms. The molecule has 3 aromatic heterocycles. The lowest BCUT2D eigenvalue weighted by atomic mass is 10.2. The Morgan fingerprint density at radius 2 is 2.09 bits per heavy atom. The molecule has 0 saturated heterocycles. The largest absolute Gasteiger partial charge is 0.478 e. The SMILES string of the molecule is COc1nc(-c2nc3n(n2)CCCC3)cnc1-n1cnc(C)c1. The van der Waals surface area contributed by atoms with Gasteiger partial charge in [0.2, 0.25) is 11.6 Å². The van der Waals surface area contributed by atoms with Crippen molar-refractivity contribution in [1.29, 1.82) is 0 Å². The van der Waals surface area contributed by atoms with Gasteiger partial charge >= 0.3 is 0 Å². The highest BCUT2D eigenvalue weighted by Gasteiger charge is 2.18. The summed E-state index contributed by atoms with van der Waals surface area (Å²) in [6.45, 7) is 2.84. The number of imidazole rings is 1. The predicted octanol–water partition coefficient (Wildman–Crippen LogP) is 1.57. The molecule has 0 aromatic carbocycles. The second kappa shape index (κ2) is 5.45. The van der Waals surface area contributed by atoms with Gasteiger partial charge in [-0.25, -0.2) is 24.6 Å². The van der Waals surface area contributed by atoms with Gasteiger partial charge in [-0.3, -0.25) is 4.57 Å². The third-order valence-corrected chi connectivity index (χ3v) is 3.87. The van der Waals surface area contributed by atoms with Crippen molar-refractivity contribution in [3.8, 4) is 23.2 Å². The molecule has 0 saturated carbocycles. The molecule has 0 spiro atoms. The molecule has 1 aliphatic heterocycles. The van der Waals surface area contributed by atoms with Gasteiger partial charge in [-0.15, -0.1) is 5.10 Å². The van der Waals surface area contributed by atoms with Gasteiger partial charge in [0, 0.05) is 19.2 Å². The number of methoxy groups -OCH3 is 1. The Hall–Kier alpha value is -2.77. The summed E-state index contributed by atoms with van der Waals surface area (Å²) in [7, 11) is 1.58. The average Bonchev–Trinajstić information content (AvgIpc) is 3.20. The fourth-order valence-electron chi connectivity index (χ4n) is 2.72. The standard InChI is InChI=1S/C15H17N7O/c1-10-8-21(9-17-10)14-15(23-2)18-11(7-16-14)13-19-12-5-3-4-6-22(12)20-13/h7-9H,3-6H2,1-2H3. The molecule has 0 amide bonds. The van der Waals surface area contributed by atoms with Gasteiger partial charge in [0.25, 0.3) is 5.88 Å². The van der Waals surface area contributed by atoms with Gasteiger partial charge in [0.05, 0.1) is 19.0 Å². The van der Waals surface area contributed by atoms with Crippen LogP contribution < -0.4 is 4.74 Å². The maximum absolute atomic E-state index is 5.39. The average molecular weight is 311 g/mol. The molecule has 8 heteroatoms. The van der Waals surface area contributed by atoms with Crippen LogP contribution in [-0.2, 0) is 13.0 Å². The number of rotatable bonds is 3. The number of ether oxygens (including phenoxy) is 1. The minimum absolute atomic E-state index is 0.424. The van der Waals surface area contributed by atoms with Gasteiger partial charge in [0.1, 0.15) is 17.8 Å². The van der Waals surface area contributed by atoms with E-state index in [9.17, 15) is 0 Å². The first-order valence-corrected chi connectivity index (χ1v) is 7.60. The third kappa shape index (κ3) is 2.45. The molecule has 0 atom stereocenters. The number of aryl methyl sites for hydroxylation is 3. The molecular weight excluding hydrogens is 294 g/mol. The Labute approximate surface area is 133 Å². The molecule has 4 heterocycles. The Morgan fingerprint density at radius 1 is 1.17 bits per heavy atom. The quantitative estimate of drug-likeness (QED) is 0.730. The van der Waals surface area contributed by atoms with Gasteiger partial charge < -0.3 is 4.74 Å². The van der Waals surface area contributed by atoms with E-state index in [1.165, 1.54) is 0 Å². The van der Waals surface area contributed by atoms with Crippen molar-refractivity contribution in [2.75, 3.05) is 7.11 Å². The number of hydrogen-bond donors (Lipinski definition) is 0. The van der Waals surface area contributed by atoms with Crippen LogP contribution in [0.25, 0.3) is 17.3 Å². The lowest BCUT2D eigenvalue weighted by molar-refractivity contribution is 0.394. The van der Waals surface area contributed by atoms with Crippen LogP contribution in [0.15, 0.2) is 18.7 Å². The predicted molar refractivity (Wildman–Crippen MR) is 82.4 cm³/mol. The highest BCUT2D eigenvalue weighted by Crippen LogP contribution is 2.23. The minimum atomic E-state index is 0.424. The first kappa shape index (κ1) is 13.9. The second-order valence-corrected chi connectivity index (χ2v) is 5.54. The molecule has 0 radical (unpaired) electrons. The van der Waals surface area contributed by atoms with Gasteiger partial charge in [-0.1, -0.05) is 0 Å². The van der Waals surface area contributed by atoms with E-state index < -0.39 is 0 Å². The van der Waals surface area contributed by atoms with E-state index in [2.05, 4.69) is 25.0 Å². The van der Waals surface area contributed by atoms with Gasteiger partial charge in [0.15, 0.2) is 0 Å². The Balaban J connectivity index is 1.74. The Morgan fingerprint density at radius 3 is 2.83 bits per heavy atom. The molecule has 1 aliphatic rings. The molecule has 8 nitrogen and oxygen atoms in total. The molecule has 0 fully saturated rings. The Kier molecular flexibility index (Phi) is 3.29. The van der Waals surface area contributed by atoms with E-state index in [1.807, 2.05) is 17.8 Å². The molecule has 0 N–H and O–H groups in total. The zero-order valence-electron chi connectivity index (χ0n) is 13.1. The summed E-state index contributed by atoms with van der Waals surface area (Å²) in [6.07, 6.45) is 8.50. The van der Waals surface area contributed by atoms with Gasteiger partial charge in [-0.05, 0) is 19.8 Å². The lowest BCUT2D eigenvalue weighted by Crippen LogP contribution is -2.11. The van der Waals surface area contributed by atoms with E-state index in [1.54, 1.807) is 24.2 Å². The highest BCUT2D eigenvalue weighted by atomic mass is 16.5. The van der Waals surface area contributed by atoms with Crippen LogP contribution in [0.5, 0.6) is 5.88 Å². The molecular formula is C15H17N7O. The molecule has 0 bridgehead atoms. The molecule has 3 aromatic rings. The van der Waals surface area contributed by atoms with Crippen molar-refractivity contribution in [3.63, 3.8) is 0 Å². The van der Waals surface area contributed by atoms with Crippen molar-refractivity contribution in [1.82, 2.24) is 34.3 Å². The van der Waals surface area contributed by atoms with E-state index in [0.717, 1.165) is 37.3 Å². The van der Waals surface area contributed by atoms with Crippen LogP contribution in [-0.4, -0.2) is 41.4 Å². The van der Waals surface area contributed by atoms with Crippen molar-refractivity contribution >= 4 is 0 Å². The fraction of sp³-hybridized carbons (Fsp3) is 0.400. The second-order valence-electron chi connectivity index (χ2n) is 5.54. The van der Waals surface area contributed by atoms with Crippen molar-refractivity contribution in [3.05, 3.63) is 30.2 Å². The van der Waals surface area contributed by atoms with E-state index in [4.69, 9.17) is 4.74 Å². The van der Waals surface area contributed by atoms with Crippen molar-refractivity contribution in [2.45, 2.75) is 32.7 Å². The van der Waals surface area contributed by atoms with Crippen LogP contribution >= 0.6 is 0 Å². The number of nitrogens with zero attached hydrogens (tertiary/aromatic N) is 7. The van der Waals surface area contributed by atoms with Crippen molar-refractivity contribution < 1.29 is 4.74 Å². The van der Waals surface area contributed by atoms with Gasteiger partial charge in [-0.2, -0.15) is 0 Å². The van der Waals surface area contributed by atoms with E-state index in [-0.39, 0.29) is 0 Å². The summed E-state index contributed by atoms with van der Waals surface area (Å²) in [4.78, 5) is 17.8. The number of aromatic nitrogens is 7. The summed E-state index contributed by atoms with van der Waals surface area (Å²) in [5, 5.41) is 4.53. The topological polar surface area (TPSA) is 83.5 Å². The number of fused-ring (bicyclic) bond motifs is 1. The third-order valence-electron chi connectivity index (χ3n) is 3.87. The molecule has 0 aliphatic carbocycles.